The summed E-state index contributed by atoms with van der Waals surface area (Å²) in [7, 11) is 0. The van der Waals surface area contributed by atoms with Gasteiger partial charge >= 0.3 is 0 Å². The summed E-state index contributed by atoms with van der Waals surface area (Å²) in [6, 6.07) is 6.91. The van der Waals surface area contributed by atoms with Crippen LogP contribution in [0.5, 0.6) is 0 Å². The van der Waals surface area contributed by atoms with Crippen molar-refractivity contribution in [2.45, 2.75) is 69.8 Å². The summed E-state index contributed by atoms with van der Waals surface area (Å²) in [5.41, 5.74) is 2.25. The first-order valence-electron chi connectivity index (χ1n) is 12.9. The van der Waals surface area contributed by atoms with Gasteiger partial charge in [0, 0.05) is 55.2 Å². The Kier molecular flexibility index (Phi) is 6.54. The molecule has 4 heterocycles. The lowest BCUT2D eigenvalue weighted by Gasteiger charge is -2.48. The van der Waals surface area contributed by atoms with Gasteiger partial charge in [0.15, 0.2) is 17.0 Å². The fraction of sp³-hybridized carbons (Fsp3) is 0.577. The quantitative estimate of drug-likeness (QED) is 0.372. The second-order valence-electron chi connectivity index (χ2n) is 10.6. The second kappa shape index (κ2) is 9.59. The highest BCUT2D eigenvalue weighted by atomic mass is 35.5. The van der Waals surface area contributed by atoms with E-state index in [1.54, 1.807) is 18.5 Å². The zero-order valence-corrected chi connectivity index (χ0v) is 22.3. The minimum atomic E-state index is -2.65. The fourth-order valence-corrected chi connectivity index (χ4v) is 6.26. The molecule has 0 radical (unpaired) electrons. The number of alkyl halides is 2. The van der Waals surface area contributed by atoms with Crippen molar-refractivity contribution in [3.05, 3.63) is 46.5 Å². The van der Waals surface area contributed by atoms with Crippen molar-refractivity contribution in [3.8, 4) is 0 Å². The van der Waals surface area contributed by atoms with Crippen LogP contribution in [-0.2, 0) is 11.3 Å². The predicted octanol–water partition coefficient (Wildman–Crippen LogP) is 5.61. The molecule has 2 aromatic heterocycles. The Bertz CT molecular complexity index is 1280. The minimum absolute atomic E-state index is 0.00384. The van der Waals surface area contributed by atoms with Gasteiger partial charge in [-0.3, -0.25) is 4.90 Å². The summed E-state index contributed by atoms with van der Waals surface area (Å²) in [5.74, 6) is -2.67. The number of ether oxygens (including phenoxy) is 1. The summed E-state index contributed by atoms with van der Waals surface area (Å²) in [6.07, 6.45) is 3.89. The van der Waals surface area contributed by atoms with E-state index in [2.05, 4.69) is 38.6 Å². The number of nitrogens with zero attached hydrogens (tertiary/aromatic N) is 6. The molecule has 1 aliphatic carbocycles. The van der Waals surface area contributed by atoms with Crippen LogP contribution in [0.4, 0.5) is 14.6 Å². The van der Waals surface area contributed by atoms with Gasteiger partial charge in [-0.15, -0.1) is 0 Å². The summed E-state index contributed by atoms with van der Waals surface area (Å²) >= 11 is 12.5. The van der Waals surface area contributed by atoms with Crippen LogP contribution in [0.1, 0.15) is 44.7 Å². The molecule has 6 rings (SSSR count). The zero-order chi connectivity index (χ0) is 25.9. The zero-order valence-electron chi connectivity index (χ0n) is 20.8. The van der Waals surface area contributed by atoms with Crippen molar-refractivity contribution < 1.29 is 13.5 Å². The highest BCUT2D eigenvalue weighted by molar-refractivity contribution is 6.30. The molecule has 0 bridgehead atoms. The summed E-state index contributed by atoms with van der Waals surface area (Å²) in [4.78, 5) is 18.1. The number of anilines is 1. The lowest BCUT2D eigenvalue weighted by molar-refractivity contribution is 0.0393. The molecular formula is C26H30Cl2F2N6O. The van der Waals surface area contributed by atoms with Crippen molar-refractivity contribution in [1.29, 1.82) is 0 Å². The van der Waals surface area contributed by atoms with E-state index in [9.17, 15) is 8.78 Å². The molecule has 11 heteroatoms. The van der Waals surface area contributed by atoms with E-state index in [0.717, 1.165) is 25.0 Å². The number of piperazine rings is 1. The second-order valence-corrected chi connectivity index (χ2v) is 11.4. The molecule has 5 atom stereocenters. The number of fused-ring (bicyclic) bond motifs is 1. The first-order chi connectivity index (χ1) is 17.7. The Balaban J connectivity index is 1.29. The van der Waals surface area contributed by atoms with E-state index in [1.165, 1.54) is 0 Å². The number of benzene rings is 1. The molecular weight excluding hydrogens is 521 g/mol. The number of hydrogen-bond acceptors (Lipinski definition) is 6. The molecule has 2 aliphatic heterocycles. The van der Waals surface area contributed by atoms with E-state index >= 15 is 0 Å². The molecule has 0 spiro atoms. The van der Waals surface area contributed by atoms with Crippen molar-refractivity contribution in [1.82, 2.24) is 24.4 Å². The average Bonchev–Trinajstić information content (AvgIpc) is 3.22. The Morgan fingerprint density at radius 1 is 1.11 bits per heavy atom. The third-order valence-electron chi connectivity index (χ3n) is 7.97. The molecule has 0 amide bonds. The van der Waals surface area contributed by atoms with E-state index < -0.39 is 11.8 Å². The molecule has 37 heavy (non-hydrogen) atoms. The Morgan fingerprint density at radius 3 is 2.54 bits per heavy atom. The molecule has 3 aromatic rings. The number of rotatable bonds is 6. The molecule has 198 valence electrons. The smallest absolute Gasteiger partial charge is 0.253 e. The molecule has 7 nitrogen and oxygen atoms in total. The number of aromatic nitrogens is 4. The first-order valence-corrected chi connectivity index (χ1v) is 13.6. The average molecular weight is 551 g/mol. The third kappa shape index (κ3) is 4.80. The maximum absolute atomic E-state index is 14.4. The fourth-order valence-electron chi connectivity index (χ4n) is 5.97. The molecule has 3 fully saturated rings. The van der Waals surface area contributed by atoms with Crippen LogP contribution in [-0.4, -0.2) is 68.2 Å². The van der Waals surface area contributed by atoms with Crippen LogP contribution in [0.2, 0.25) is 10.3 Å². The van der Waals surface area contributed by atoms with Crippen LogP contribution in [0.25, 0.3) is 11.2 Å². The first kappa shape index (κ1) is 25.2. The lowest BCUT2D eigenvalue weighted by Crippen LogP contribution is -2.58. The van der Waals surface area contributed by atoms with Crippen molar-refractivity contribution >= 4 is 40.2 Å². The Morgan fingerprint density at radius 2 is 1.86 bits per heavy atom. The topological polar surface area (TPSA) is 59.3 Å². The summed E-state index contributed by atoms with van der Waals surface area (Å²) in [6.45, 7) is 6.82. The molecule has 0 N–H and O–H groups in total. The highest BCUT2D eigenvalue weighted by Crippen LogP contribution is 2.57. The Labute approximate surface area is 224 Å². The monoisotopic (exact) mass is 550 g/mol. The van der Waals surface area contributed by atoms with Gasteiger partial charge in [-0.2, -0.15) is 9.97 Å². The lowest BCUT2D eigenvalue weighted by atomic mass is 9.95. The minimum Gasteiger partial charge on any atom is -0.376 e. The highest BCUT2D eigenvalue weighted by Gasteiger charge is 2.62. The van der Waals surface area contributed by atoms with Crippen molar-refractivity contribution in [2.24, 2.45) is 5.92 Å². The van der Waals surface area contributed by atoms with E-state index in [0.29, 0.717) is 41.6 Å². The molecule has 1 aromatic carbocycles. The van der Waals surface area contributed by atoms with Crippen LogP contribution in [0.15, 0.2) is 30.6 Å². The predicted molar refractivity (Wildman–Crippen MR) is 140 cm³/mol. The van der Waals surface area contributed by atoms with Crippen molar-refractivity contribution in [2.75, 3.05) is 24.6 Å². The SMILES string of the molecule is C[C@@H]1CN(c2nc(Cl)nc3c2ncn3C[C@@H]2CCCO2)[C@@H](C)CN1C(c1ccc(Cl)cc1)[C@H]1CC1(F)F. The maximum Gasteiger partial charge on any atom is 0.253 e. The van der Waals surface area contributed by atoms with Gasteiger partial charge in [-0.1, -0.05) is 23.7 Å². The Hall–Kier alpha value is -2.07. The molecule has 3 aliphatic rings. The third-order valence-corrected chi connectivity index (χ3v) is 8.39. The molecule has 1 unspecified atom stereocenters. The van der Waals surface area contributed by atoms with Crippen molar-refractivity contribution in [3.63, 3.8) is 0 Å². The number of hydrogen-bond donors (Lipinski definition) is 0. The van der Waals surface area contributed by atoms with Gasteiger partial charge in [-0.25, -0.2) is 13.8 Å². The number of imidazole rings is 1. The van der Waals surface area contributed by atoms with E-state index in [4.69, 9.17) is 27.9 Å². The summed E-state index contributed by atoms with van der Waals surface area (Å²) < 4.78 is 36.6. The van der Waals surface area contributed by atoms with Gasteiger partial charge in [0.25, 0.3) is 5.92 Å². The van der Waals surface area contributed by atoms with Crippen LogP contribution < -0.4 is 4.90 Å². The van der Waals surface area contributed by atoms with E-state index in [-0.39, 0.29) is 35.9 Å². The van der Waals surface area contributed by atoms with Crippen LogP contribution in [0, 0.1) is 5.92 Å². The van der Waals surface area contributed by atoms with Gasteiger partial charge in [0.1, 0.15) is 0 Å². The van der Waals surface area contributed by atoms with Crippen LogP contribution >= 0.6 is 23.2 Å². The molecule has 2 saturated heterocycles. The largest absolute Gasteiger partial charge is 0.376 e. The maximum atomic E-state index is 14.4. The normalized spacial score (nSPS) is 28.6. The summed E-state index contributed by atoms with van der Waals surface area (Å²) in [5, 5.41) is 0.760. The van der Waals surface area contributed by atoms with Crippen LogP contribution in [0.3, 0.4) is 0 Å². The molecule has 1 saturated carbocycles. The van der Waals surface area contributed by atoms with Gasteiger partial charge in [-0.05, 0) is 56.0 Å². The van der Waals surface area contributed by atoms with Gasteiger partial charge in [0.05, 0.1) is 19.0 Å². The standard InChI is InChI=1S/C26H30Cl2F2N6O/c1-15-12-36(24-21-23(32-25(28)33-24)34(14-31-21)13-19-4-3-9-37-19)16(2)11-35(15)22(20-10-26(20,29)30)17-5-7-18(27)8-6-17/h5-8,14-16,19-20,22H,3-4,9-13H2,1-2H3/t15-,16+,19+,20-,22?/m1/s1. The number of halogens is 4. The van der Waals surface area contributed by atoms with Gasteiger partial charge in [0.2, 0.25) is 5.28 Å². The van der Waals surface area contributed by atoms with E-state index in [1.807, 2.05) is 16.7 Å². The van der Waals surface area contributed by atoms with Gasteiger partial charge < -0.3 is 14.2 Å².